The molecule has 0 bridgehead atoms. The van der Waals surface area contributed by atoms with Crippen LogP contribution in [-0.2, 0) is 19.0 Å². The molecular weight excluding hydrogens is 200 g/mol. The van der Waals surface area contributed by atoms with E-state index in [1.54, 1.807) is 0 Å². The molecule has 86 valence electrons. The van der Waals surface area contributed by atoms with Crippen molar-refractivity contribution in [1.82, 2.24) is 0 Å². The van der Waals surface area contributed by atoms with Crippen molar-refractivity contribution in [1.29, 1.82) is 0 Å². The third-order valence-electron chi connectivity index (χ3n) is 2.81. The van der Waals surface area contributed by atoms with Crippen LogP contribution in [0.5, 0.6) is 0 Å². The van der Waals surface area contributed by atoms with Crippen LogP contribution >= 0.6 is 0 Å². The molecule has 3 atom stereocenters. The molecule has 0 spiro atoms. The van der Waals surface area contributed by atoms with Gasteiger partial charge in [0.2, 0.25) is 0 Å². The molecule has 2 saturated heterocycles. The van der Waals surface area contributed by atoms with Crippen LogP contribution in [0.25, 0.3) is 0 Å². The minimum atomic E-state index is -0.947. The molecule has 0 aromatic heterocycles. The Kier molecular flexibility index (Phi) is 3.56. The van der Waals surface area contributed by atoms with Gasteiger partial charge >= 0.3 is 5.97 Å². The summed E-state index contributed by atoms with van der Waals surface area (Å²) >= 11 is 0. The maximum absolute atomic E-state index is 10.6. The first-order valence-electron chi connectivity index (χ1n) is 5.33. The summed E-state index contributed by atoms with van der Waals surface area (Å²) in [6.45, 7) is 1.73. The molecule has 15 heavy (non-hydrogen) atoms. The van der Waals surface area contributed by atoms with Gasteiger partial charge in [0, 0.05) is 19.6 Å². The van der Waals surface area contributed by atoms with Gasteiger partial charge in [0.25, 0.3) is 0 Å². The lowest BCUT2D eigenvalue weighted by atomic mass is 9.98. The molecule has 2 fully saturated rings. The summed E-state index contributed by atoms with van der Waals surface area (Å²) in [7, 11) is 0. The van der Waals surface area contributed by atoms with Crippen LogP contribution in [0.3, 0.4) is 0 Å². The zero-order valence-electron chi connectivity index (χ0n) is 8.55. The van der Waals surface area contributed by atoms with Gasteiger partial charge in [-0.25, -0.2) is 4.79 Å². The van der Waals surface area contributed by atoms with Crippen molar-refractivity contribution in [3.8, 4) is 0 Å². The molecule has 2 heterocycles. The van der Waals surface area contributed by atoms with Gasteiger partial charge in [0.15, 0.2) is 12.4 Å². The van der Waals surface area contributed by atoms with Crippen molar-refractivity contribution in [2.45, 2.75) is 31.7 Å². The normalized spacial score (nSPS) is 36.7. The zero-order valence-corrected chi connectivity index (χ0v) is 8.55. The fraction of sp³-hybridized carbons (Fsp3) is 0.900. The average molecular weight is 216 g/mol. The summed E-state index contributed by atoms with van der Waals surface area (Å²) in [5.74, 6) is -0.506. The van der Waals surface area contributed by atoms with E-state index in [1.165, 1.54) is 0 Å². The van der Waals surface area contributed by atoms with Gasteiger partial charge in [-0.2, -0.15) is 0 Å². The highest BCUT2D eigenvalue weighted by Crippen LogP contribution is 2.24. The first-order valence-corrected chi connectivity index (χ1v) is 5.33. The fourth-order valence-corrected chi connectivity index (χ4v) is 1.98. The molecule has 3 unspecified atom stereocenters. The fourth-order valence-electron chi connectivity index (χ4n) is 1.98. The van der Waals surface area contributed by atoms with E-state index >= 15 is 0 Å². The highest BCUT2D eigenvalue weighted by molar-refractivity contribution is 5.72. The van der Waals surface area contributed by atoms with E-state index in [-0.39, 0.29) is 12.9 Å². The highest BCUT2D eigenvalue weighted by atomic mass is 16.7. The maximum Gasteiger partial charge on any atom is 0.335 e. The Labute approximate surface area is 88.3 Å². The van der Waals surface area contributed by atoms with Crippen molar-refractivity contribution in [3.63, 3.8) is 0 Å². The number of ether oxygens (including phenoxy) is 3. The van der Waals surface area contributed by atoms with E-state index in [4.69, 9.17) is 19.3 Å². The van der Waals surface area contributed by atoms with Crippen LogP contribution in [0.1, 0.15) is 19.3 Å². The Hall–Kier alpha value is -0.650. The number of rotatable bonds is 3. The summed E-state index contributed by atoms with van der Waals surface area (Å²) in [4.78, 5) is 10.6. The molecule has 5 heteroatoms. The second-order valence-electron chi connectivity index (χ2n) is 4.04. The smallest absolute Gasteiger partial charge is 0.335 e. The molecule has 0 radical (unpaired) electrons. The van der Waals surface area contributed by atoms with Crippen LogP contribution in [0.15, 0.2) is 0 Å². The summed E-state index contributed by atoms with van der Waals surface area (Å²) in [6, 6.07) is 0. The number of hydrogen-bond acceptors (Lipinski definition) is 4. The number of hydrogen-bond donors (Lipinski definition) is 1. The van der Waals surface area contributed by atoms with Crippen molar-refractivity contribution >= 4 is 5.97 Å². The minimum Gasteiger partial charge on any atom is -0.479 e. The summed E-state index contributed by atoms with van der Waals surface area (Å²) < 4.78 is 15.9. The van der Waals surface area contributed by atoms with Gasteiger partial charge in [0.1, 0.15) is 0 Å². The standard InChI is InChI=1S/C10H16O5/c11-10(12)8-6-14-9(15-8)4-7-2-1-3-13-5-7/h7-9H,1-6H2,(H,11,12). The largest absolute Gasteiger partial charge is 0.479 e. The van der Waals surface area contributed by atoms with Crippen molar-refractivity contribution in [2.24, 2.45) is 5.92 Å². The van der Waals surface area contributed by atoms with E-state index in [0.717, 1.165) is 32.5 Å². The number of carboxylic acid groups (broad SMARTS) is 1. The summed E-state index contributed by atoms with van der Waals surface area (Å²) in [6.07, 6.45) is 1.77. The molecule has 1 N–H and O–H groups in total. The molecule has 2 rings (SSSR count). The van der Waals surface area contributed by atoms with Gasteiger partial charge in [0.05, 0.1) is 6.61 Å². The molecule has 0 aromatic carbocycles. The zero-order chi connectivity index (χ0) is 10.7. The third kappa shape index (κ3) is 2.90. The van der Waals surface area contributed by atoms with Gasteiger partial charge in [-0.3, -0.25) is 0 Å². The Balaban J connectivity index is 1.74. The predicted octanol–water partition coefficient (Wildman–Crippen LogP) is 0.629. The van der Waals surface area contributed by atoms with Gasteiger partial charge in [-0.1, -0.05) is 0 Å². The number of carboxylic acids is 1. The monoisotopic (exact) mass is 216 g/mol. The number of aliphatic carboxylic acids is 1. The van der Waals surface area contributed by atoms with Crippen molar-refractivity contribution in [3.05, 3.63) is 0 Å². The van der Waals surface area contributed by atoms with Crippen molar-refractivity contribution in [2.75, 3.05) is 19.8 Å². The van der Waals surface area contributed by atoms with Crippen LogP contribution in [0.2, 0.25) is 0 Å². The molecule has 0 saturated carbocycles. The van der Waals surface area contributed by atoms with E-state index in [2.05, 4.69) is 0 Å². The van der Waals surface area contributed by atoms with Gasteiger partial charge in [-0.15, -0.1) is 0 Å². The Morgan fingerprint density at radius 3 is 2.87 bits per heavy atom. The lowest BCUT2D eigenvalue weighted by Gasteiger charge is -2.23. The highest BCUT2D eigenvalue weighted by Gasteiger charge is 2.33. The van der Waals surface area contributed by atoms with Gasteiger partial charge in [-0.05, 0) is 18.8 Å². The molecule has 0 amide bonds. The van der Waals surface area contributed by atoms with Crippen LogP contribution < -0.4 is 0 Å². The molecule has 2 aliphatic heterocycles. The Morgan fingerprint density at radius 1 is 1.40 bits per heavy atom. The summed E-state index contributed by atoms with van der Waals surface area (Å²) in [5, 5.41) is 8.71. The molecular formula is C10H16O5. The SMILES string of the molecule is O=C(O)C1COC(CC2CCCOC2)O1. The molecule has 2 aliphatic rings. The van der Waals surface area contributed by atoms with Crippen LogP contribution in [0, 0.1) is 5.92 Å². The quantitative estimate of drug-likeness (QED) is 0.749. The lowest BCUT2D eigenvalue weighted by molar-refractivity contribution is -0.151. The molecule has 5 nitrogen and oxygen atoms in total. The van der Waals surface area contributed by atoms with Crippen molar-refractivity contribution < 1.29 is 24.1 Å². The second kappa shape index (κ2) is 4.92. The Bertz CT molecular complexity index is 224. The predicted molar refractivity (Wildman–Crippen MR) is 50.4 cm³/mol. The topological polar surface area (TPSA) is 65.0 Å². The average Bonchev–Trinajstić information content (AvgIpc) is 2.68. The first-order chi connectivity index (χ1) is 7.25. The van der Waals surface area contributed by atoms with E-state index in [0.29, 0.717) is 5.92 Å². The minimum absolute atomic E-state index is 0.160. The lowest BCUT2D eigenvalue weighted by Crippen LogP contribution is -2.25. The van der Waals surface area contributed by atoms with E-state index in [9.17, 15) is 4.79 Å². The second-order valence-corrected chi connectivity index (χ2v) is 4.04. The van der Waals surface area contributed by atoms with Crippen LogP contribution in [-0.4, -0.2) is 43.3 Å². The summed E-state index contributed by atoms with van der Waals surface area (Å²) in [5.41, 5.74) is 0. The maximum atomic E-state index is 10.6. The van der Waals surface area contributed by atoms with Crippen LogP contribution in [0.4, 0.5) is 0 Å². The Morgan fingerprint density at radius 2 is 2.27 bits per heavy atom. The van der Waals surface area contributed by atoms with Gasteiger partial charge < -0.3 is 19.3 Å². The third-order valence-corrected chi connectivity index (χ3v) is 2.81. The van der Waals surface area contributed by atoms with E-state index in [1.807, 2.05) is 0 Å². The molecule has 0 aromatic rings. The first kappa shape index (κ1) is 10.9. The van der Waals surface area contributed by atoms with E-state index < -0.39 is 12.1 Å². The number of carbonyl (C=O) groups is 1. The molecule has 0 aliphatic carbocycles.